The lowest BCUT2D eigenvalue weighted by Crippen LogP contribution is -2.25. The maximum Gasteiger partial charge on any atom is 0.264 e. The molecule has 1 saturated heterocycles. The normalized spacial score (nSPS) is 22.2. The molecule has 1 aliphatic rings. The summed E-state index contributed by atoms with van der Waals surface area (Å²) in [5.74, 6) is -0.882. The van der Waals surface area contributed by atoms with Crippen molar-refractivity contribution in [3.8, 4) is 0 Å². The molecule has 0 aliphatic carbocycles. The van der Waals surface area contributed by atoms with Crippen LogP contribution >= 0.6 is 0 Å². The van der Waals surface area contributed by atoms with Crippen LogP contribution in [0.2, 0.25) is 0 Å². The Morgan fingerprint density at radius 3 is 2.17 bits per heavy atom. The first-order chi connectivity index (χ1) is 5.46. The van der Waals surface area contributed by atoms with Gasteiger partial charge in [-0.3, -0.25) is 20.5 Å². The molecule has 3 N–H and O–H groups in total. The minimum atomic E-state index is -0.495. The average molecular weight is 167 g/mol. The number of nitrogens with zero attached hydrogens (tertiary/aromatic N) is 1. The van der Waals surface area contributed by atoms with Crippen LogP contribution in [0.1, 0.15) is 6.92 Å². The summed E-state index contributed by atoms with van der Waals surface area (Å²) in [6.07, 6.45) is 0. The lowest BCUT2D eigenvalue weighted by Gasteiger charge is -2.03. The average Bonchev–Trinajstić information content (AvgIpc) is 2.16. The van der Waals surface area contributed by atoms with Gasteiger partial charge in [0.1, 0.15) is 17.0 Å². The molecule has 0 bridgehead atoms. The van der Waals surface area contributed by atoms with E-state index in [1.807, 2.05) is 0 Å². The van der Waals surface area contributed by atoms with Crippen molar-refractivity contribution in [2.75, 3.05) is 7.05 Å². The standard InChI is InChI=1S/C7H9N3O2/c1-3(11)4-5(8)6(9)10(2)7(4)12/h8-9,11H,1-2H3/b4-3+,8-5?,9-6?. The van der Waals surface area contributed by atoms with Gasteiger partial charge in [-0.1, -0.05) is 0 Å². The van der Waals surface area contributed by atoms with Crippen LogP contribution in [0, 0.1) is 10.8 Å². The van der Waals surface area contributed by atoms with Crippen LogP contribution in [0.25, 0.3) is 0 Å². The summed E-state index contributed by atoms with van der Waals surface area (Å²) in [5, 5.41) is 23.6. The zero-order valence-corrected chi connectivity index (χ0v) is 6.80. The molecule has 1 heterocycles. The number of rotatable bonds is 0. The monoisotopic (exact) mass is 167 g/mol. The maximum atomic E-state index is 11.2. The molecular formula is C7H9N3O2. The molecule has 5 heteroatoms. The van der Waals surface area contributed by atoms with E-state index in [2.05, 4.69) is 0 Å². The molecule has 1 rings (SSSR count). The third-order valence-corrected chi connectivity index (χ3v) is 1.70. The van der Waals surface area contributed by atoms with Crippen LogP contribution in [-0.4, -0.2) is 34.5 Å². The summed E-state index contributed by atoms with van der Waals surface area (Å²) >= 11 is 0. The molecule has 12 heavy (non-hydrogen) atoms. The molecule has 1 amide bonds. The first kappa shape index (κ1) is 8.45. The van der Waals surface area contributed by atoms with Gasteiger partial charge < -0.3 is 5.11 Å². The van der Waals surface area contributed by atoms with Gasteiger partial charge in [0, 0.05) is 7.05 Å². The largest absolute Gasteiger partial charge is 0.512 e. The Labute approximate surface area is 69.3 Å². The van der Waals surface area contributed by atoms with Crippen molar-refractivity contribution in [1.29, 1.82) is 10.8 Å². The second-order valence-corrected chi connectivity index (χ2v) is 2.55. The third kappa shape index (κ3) is 0.903. The van der Waals surface area contributed by atoms with Crippen molar-refractivity contribution in [3.63, 3.8) is 0 Å². The van der Waals surface area contributed by atoms with Gasteiger partial charge in [0.15, 0.2) is 5.84 Å². The fraction of sp³-hybridized carbons (Fsp3) is 0.286. The minimum Gasteiger partial charge on any atom is -0.512 e. The summed E-state index contributed by atoms with van der Waals surface area (Å²) in [5.41, 5.74) is -0.301. The first-order valence-electron chi connectivity index (χ1n) is 3.32. The number of carbonyl (C=O) groups excluding carboxylic acids is 1. The Balaban J connectivity index is 3.27. The van der Waals surface area contributed by atoms with Gasteiger partial charge >= 0.3 is 0 Å². The van der Waals surface area contributed by atoms with Crippen LogP contribution in [0.15, 0.2) is 11.3 Å². The van der Waals surface area contributed by atoms with Crippen molar-refractivity contribution >= 4 is 17.5 Å². The van der Waals surface area contributed by atoms with Crippen molar-refractivity contribution in [2.24, 2.45) is 0 Å². The van der Waals surface area contributed by atoms with E-state index in [0.717, 1.165) is 4.90 Å². The SMILES string of the molecule is C/C(O)=C1/C(=N)C(=N)N(C)C1=O. The van der Waals surface area contributed by atoms with Crippen LogP contribution in [-0.2, 0) is 4.79 Å². The smallest absolute Gasteiger partial charge is 0.264 e. The van der Waals surface area contributed by atoms with Crippen molar-refractivity contribution in [2.45, 2.75) is 6.92 Å². The molecule has 0 aromatic heterocycles. The highest BCUT2D eigenvalue weighted by molar-refractivity contribution is 6.58. The molecule has 0 atom stereocenters. The molecule has 0 spiro atoms. The Bertz CT molecular complexity index is 313. The molecule has 5 nitrogen and oxygen atoms in total. The number of amides is 1. The van der Waals surface area contributed by atoms with E-state index in [9.17, 15) is 4.79 Å². The molecule has 0 saturated carbocycles. The molecule has 0 unspecified atom stereocenters. The number of allylic oxidation sites excluding steroid dienone is 1. The van der Waals surface area contributed by atoms with Crippen LogP contribution in [0.3, 0.4) is 0 Å². The molecule has 0 radical (unpaired) electrons. The van der Waals surface area contributed by atoms with Gasteiger partial charge in [-0.05, 0) is 6.92 Å². The van der Waals surface area contributed by atoms with Gasteiger partial charge in [-0.2, -0.15) is 0 Å². The second-order valence-electron chi connectivity index (χ2n) is 2.55. The molecular weight excluding hydrogens is 158 g/mol. The zero-order chi connectivity index (χ0) is 9.46. The van der Waals surface area contributed by atoms with Gasteiger partial charge in [0.05, 0.1) is 0 Å². The number of likely N-dealkylation sites (tertiary alicyclic amines) is 1. The number of hydrogen-bond donors (Lipinski definition) is 3. The van der Waals surface area contributed by atoms with Gasteiger partial charge in [0.2, 0.25) is 0 Å². The summed E-state index contributed by atoms with van der Waals surface area (Å²) < 4.78 is 0. The lowest BCUT2D eigenvalue weighted by atomic mass is 10.1. The van der Waals surface area contributed by atoms with E-state index in [0.29, 0.717) is 0 Å². The first-order valence-corrected chi connectivity index (χ1v) is 3.32. The third-order valence-electron chi connectivity index (χ3n) is 1.70. The summed E-state index contributed by atoms with van der Waals surface area (Å²) in [4.78, 5) is 12.2. The highest BCUT2D eigenvalue weighted by atomic mass is 16.3. The number of aliphatic hydroxyl groups excluding tert-OH is 1. The Kier molecular flexibility index (Phi) is 1.72. The van der Waals surface area contributed by atoms with Gasteiger partial charge in [0.25, 0.3) is 5.91 Å². The topological polar surface area (TPSA) is 88.2 Å². The van der Waals surface area contributed by atoms with Crippen molar-refractivity contribution < 1.29 is 9.90 Å². The van der Waals surface area contributed by atoms with Crippen LogP contribution < -0.4 is 0 Å². The van der Waals surface area contributed by atoms with E-state index in [1.54, 1.807) is 0 Å². The van der Waals surface area contributed by atoms with E-state index in [1.165, 1.54) is 14.0 Å². The number of likely N-dealkylation sites (N-methyl/N-ethyl adjacent to an activating group) is 1. The maximum absolute atomic E-state index is 11.2. The van der Waals surface area contributed by atoms with E-state index in [4.69, 9.17) is 15.9 Å². The number of aliphatic hydroxyl groups is 1. The Morgan fingerprint density at radius 1 is 1.50 bits per heavy atom. The highest BCUT2D eigenvalue weighted by Crippen LogP contribution is 2.16. The second kappa shape index (κ2) is 2.44. The fourth-order valence-corrected chi connectivity index (χ4v) is 0.998. The van der Waals surface area contributed by atoms with E-state index in [-0.39, 0.29) is 22.9 Å². The summed E-state index contributed by atoms with van der Waals surface area (Å²) in [6.45, 7) is 1.33. The Hall–Kier alpha value is -1.65. The molecule has 1 aliphatic heterocycles. The van der Waals surface area contributed by atoms with Gasteiger partial charge in [-0.25, -0.2) is 0 Å². The molecule has 0 aromatic rings. The predicted octanol–water partition coefficient (Wildman–Crippen LogP) is 0.287. The van der Waals surface area contributed by atoms with Crippen molar-refractivity contribution in [1.82, 2.24) is 4.90 Å². The lowest BCUT2D eigenvalue weighted by molar-refractivity contribution is -0.121. The highest BCUT2D eigenvalue weighted by Gasteiger charge is 2.35. The predicted molar refractivity (Wildman–Crippen MR) is 43.6 cm³/mol. The number of amidine groups is 1. The molecule has 64 valence electrons. The van der Waals surface area contributed by atoms with Gasteiger partial charge in [-0.15, -0.1) is 0 Å². The fourth-order valence-electron chi connectivity index (χ4n) is 0.998. The van der Waals surface area contributed by atoms with Crippen LogP contribution in [0.4, 0.5) is 0 Å². The molecule has 0 aromatic carbocycles. The molecule has 1 fully saturated rings. The van der Waals surface area contributed by atoms with Crippen LogP contribution in [0.5, 0.6) is 0 Å². The summed E-state index contributed by atoms with van der Waals surface area (Å²) in [7, 11) is 1.40. The number of nitrogens with one attached hydrogen (secondary N) is 2. The quantitative estimate of drug-likeness (QED) is 0.357. The van der Waals surface area contributed by atoms with Crippen molar-refractivity contribution in [3.05, 3.63) is 11.3 Å². The summed E-state index contributed by atoms with van der Waals surface area (Å²) in [6, 6.07) is 0. The zero-order valence-electron chi connectivity index (χ0n) is 6.80. The minimum absolute atomic E-state index is 0.0810. The number of carbonyl (C=O) groups is 1. The number of hydrogen-bond acceptors (Lipinski definition) is 4. The Morgan fingerprint density at radius 2 is 2.00 bits per heavy atom. The van der Waals surface area contributed by atoms with E-state index < -0.39 is 5.91 Å². The van der Waals surface area contributed by atoms with E-state index >= 15 is 0 Å².